The van der Waals surface area contributed by atoms with Crippen molar-refractivity contribution < 1.29 is 4.74 Å². The average Bonchev–Trinajstić information content (AvgIpc) is 3.27. The van der Waals surface area contributed by atoms with Crippen molar-refractivity contribution in [2.45, 2.75) is 64.5 Å². The molecule has 0 heterocycles. The van der Waals surface area contributed by atoms with E-state index in [1.165, 1.54) is 49.7 Å². The molecule has 0 bridgehead atoms. The Morgan fingerprint density at radius 3 is 2.60 bits per heavy atom. The van der Waals surface area contributed by atoms with E-state index in [0.717, 1.165) is 18.3 Å². The van der Waals surface area contributed by atoms with Crippen LogP contribution in [0.15, 0.2) is 18.2 Å². The van der Waals surface area contributed by atoms with E-state index in [9.17, 15) is 0 Å². The van der Waals surface area contributed by atoms with Crippen molar-refractivity contribution in [3.63, 3.8) is 0 Å². The van der Waals surface area contributed by atoms with Crippen LogP contribution in [0.25, 0.3) is 0 Å². The molecule has 0 aliphatic heterocycles. The summed E-state index contributed by atoms with van der Waals surface area (Å²) in [5, 5.41) is 3.60. The lowest BCUT2D eigenvalue weighted by Gasteiger charge is -2.24. The van der Waals surface area contributed by atoms with Gasteiger partial charge in [0.15, 0.2) is 0 Å². The molecular weight excluding hydrogens is 246 g/mol. The molecule has 1 unspecified atom stereocenters. The molecule has 1 aromatic carbocycles. The summed E-state index contributed by atoms with van der Waals surface area (Å²) < 4.78 is 6.26. The van der Waals surface area contributed by atoms with E-state index in [1.54, 1.807) is 0 Å². The Kier molecular flexibility index (Phi) is 4.30. The van der Waals surface area contributed by atoms with Gasteiger partial charge in [-0.2, -0.15) is 0 Å². The molecule has 0 amide bonds. The summed E-state index contributed by atoms with van der Waals surface area (Å²) in [5.41, 5.74) is 3.03. The lowest BCUT2D eigenvalue weighted by molar-refractivity contribution is 0.148. The molecule has 0 spiro atoms. The van der Waals surface area contributed by atoms with Crippen LogP contribution < -0.4 is 10.1 Å². The first kappa shape index (κ1) is 13.9. The van der Waals surface area contributed by atoms with Crippen LogP contribution in [0.3, 0.4) is 0 Å². The zero-order valence-corrected chi connectivity index (χ0v) is 12.8. The standard InChI is InChI=1S/C18H27NO/c1-13(2)18(12-19-16-8-9-16)20-17-10-7-14-5-3-4-6-15(14)11-17/h7,10-11,13,16,18-19H,3-6,8-9,12H2,1-2H3. The molecule has 2 nitrogen and oxygen atoms in total. The number of benzene rings is 1. The Hall–Kier alpha value is -1.02. The van der Waals surface area contributed by atoms with Crippen molar-refractivity contribution in [1.82, 2.24) is 5.32 Å². The largest absolute Gasteiger partial charge is 0.489 e. The van der Waals surface area contributed by atoms with Crippen LogP contribution in [-0.2, 0) is 12.8 Å². The van der Waals surface area contributed by atoms with Gasteiger partial charge in [0.1, 0.15) is 11.9 Å². The molecule has 110 valence electrons. The summed E-state index contributed by atoms with van der Waals surface area (Å²) in [4.78, 5) is 0. The molecule has 20 heavy (non-hydrogen) atoms. The van der Waals surface area contributed by atoms with E-state index in [0.29, 0.717) is 5.92 Å². The molecule has 2 aliphatic rings. The lowest BCUT2D eigenvalue weighted by atomic mass is 9.92. The maximum atomic E-state index is 6.26. The van der Waals surface area contributed by atoms with E-state index in [2.05, 4.69) is 37.4 Å². The first-order valence-electron chi connectivity index (χ1n) is 8.24. The number of hydrogen-bond donors (Lipinski definition) is 1. The van der Waals surface area contributed by atoms with Crippen molar-refractivity contribution >= 4 is 0 Å². The van der Waals surface area contributed by atoms with E-state index in [-0.39, 0.29) is 6.10 Å². The lowest BCUT2D eigenvalue weighted by Crippen LogP contribution is -2.36. The van der Waals surface area contributed by atoms with Gasteiger partial charge in [-0.15, -0.1) is 0 Å². The third-order valence-corrected chi connectivity index (χ3v) is 4.54. The highest BCUT2D eigenvalue weighted by Gasteiger charge is 2.24. The van der Waals surface area contributed by atoms with Crippen LogP contribution in [0, 0.1) is 5.92 Å². The first-order valence-corrected chi connectivity index (χ1v) is 8.24. The molecule has 2 aliphatic carbocycles. The Morgan fingerprint density at radius 1 is 1.15 bits per heavy atom. The molecule has 0 saturated heterocycles. The summed E-state index contributed by atoms with van der Waals surface area (Å²) >= 11 is 0. The van der Waals surface area contributed by atoms with Gasteiger partial charge >= 0.3 is 0 Å². The number of rotatable bonds is 6. The van der Waals surface area contributed by atoms with Crippen molar-refractivity contribution in [3.8, 4) is 5.75 Å². The topological polar surface area (TPSA) is 21.3 Å². The summed E-state index contributed by atoms with van der Waals surface area (Å²) in [5.74, 6) is 1.60. The third kappa shape index (κ3) is 3.54. The highest BCUT2D eigenvalue weighted by atomic mass is 16.5. The minimum absolute atomic E-state index is 0.275. The van der Waals surface area contributed by atoms with Gasteiger partial charge in [0.05, 0.1) is 0 Å². The predicted molar refractivity (Wildman–Crippen MR) is 83.4 cm³/mol. The van der Waals surface area contributed by atoms with E-state index < -0.39 is 0 Å². The zero-order valence-electron chi connectivity index (χ0n) is 12.8. The molecule has 2 heteroatoms. The van der Waals surface area contributed by atoms with Crippen molar-refractivity contribution in [2.24, 2.45) is 5.92 Å². The van der Waals surface area contributed by atoms with Gasteiger partial charge in [-0.3, -0.25) is 0 Å². The maximum Gasteiger partial charge on any atom is 0.120 e. The first-order chi connectivity index (χ1) is 9.72. The van der Waals surface area contributed by atoms with Crippen molar-refractivity contribution in [2.75, 3.05) is 6.54 Å². The van der Waals surface area contributed by atoms with Gasteiger partial charge in [-0.1, -0.05) is 19.9 Å². The molecule has 1 atom stereocenters. The van der Waals surface area contributed by atoms with E-state index >= 15 is 0 Å². The van der Waals surface area contributed by atoms with E-state index in [1.807, 2.05) is 0 Å². The van der Waals surface area contributed by atoms with Crippen LogP contribution in [0.5, 0.6) is 5.75 Å². The number of aryl methyl sites for hydroxylation is 2. The van der Waals surface area contributed by atoms with Gasteiger partial charge in [-0.25, -0.2) is 0 Å². The molecular formula is C18H27NO. The molecule has 3 rings (SSSR count). The number of nitrogens with one attached hydrogen (secondary N) is 1. The average molecular weight is 273 g/mol. The summed E-state index contributed by atoms with van der Waals surface area (Å²) in [6.45, 7) is 5.47. The van der Waals surface area contributed by atoms with Crippen LogP contribution in [0.1, 0.15) is 50.7 Å². The monoisotopic (exact) mass is 273 g/mol. The second-order valence-corrected chi connectivity index (χ2v) is 6.72. The van der Waals surface area contributed by atoms with Crippen LogP contribution in [0.4, 0.5) is 0 Å². The van der Waals surface area contributed by atoms with Crippen LogP contribution >= 0.6 is 0 Å². The zero-order chi connectivity index (χ0) is 13.9. The summed E-state index contributed by atoms with van der Waals surface area (Å²) in [7, 11) is 0. The van der Waals surface area contributed by atoms with Gasteiger partial charge in [-0.05, 0) is 67.7 Å². The fraction of sp³-hybridized carbons (Fsp3) is 0.667. The molecule has 1 saturated carbocycles. The molecule has 0 aromatic heterocycles. The third-order valence-electron chi connectivity index (χ3n) is 4.54. The second kappa shape index (κ2) is 6.17. The smallest absolute Gasteiger partial charge is 0.120 e. The van der Waals surface area contributed by atoms with Crippen molar-refractivity contribution in [1.29, 1.82) is 0 Å². The van der Waals surface area contributed by atoms with Gasteiger partial charge in [0.2, 0.25) is 0 Å². The maximum absolute atomic E-state index is 6.26. The highest BCUT2D eigenvalue weighted by molar-refractivity contribution is 5.37. The SMILES string of the molecule is CC(C)C(CNC1CC1)Oc1ccc2c(c1)CCCC2. The molecule has 1 aromatic rings. The Morgan fingerprint density at radius 2 is 1.90 bits per heavy atom. The molecule has 1 fully saturated rings. The van der Waals surface area contributed by atoms with Gasteiger partial charge in [0.25, 0.3) is 0 Å². The van der Waals surface area contributed by atoms with E-state index in [4.69, 9.17) is 4.74 Å². The minimum Gasteiger partial charge on any atom is -0.489 e. The molecule has 1 N–H and O–H groups in total. The summed E-state index contributed by atoms with van der Waals surface area (Å²) in [6, 6.07) is 7.47. The van der Waals surface area contributed by atoms with Crippen LogP contribution in [-0.4, -0.2) is 18.7 Å². The number of ether oxygens (including phenoxy) is 1. The highest BCUT2D eigenvalue weighted by Crippen LogP contribution is 2.27. The van der Waals surface area contributed by atoms with Crippen LogP contribution in [0.2, 0.25) is 0 Å². The minimum atomic E-state index is 0.275. The Labute approximate surface area is 122 Å². The Balaban J connectivity index is 1.64. The fourth-order valence-electron chi connectivity index (χ4n) is 2.94. The predicted octanol–water partition coefficient (Wildman–Crippen LogP) is 3.72. The fourth-order valence-corrected chi connectivity index (χ4v) is 2.94. The Bertz CT molecular complexity index is 451. The quantitative estimate of drug-likeness (QED) is 0.853. The van der Waals surface area contributed by atoms with Crippen molar-refractivity contribution in [3.05, 3.63) is 29.3 Å². The van der Waals surface area contributed by atoms with Gasteiger partial charge < -0.3 is 10.1 Å². The molecule has 0 radical (unpaired) electrons. The summed E-state index contributed by atoms with van der Waals surface area (Å²) in [6.07, 6.45) is 8.08. The van der Waals surface area contributed by atoms with Gasteiger partial charge in [0, 0.05) is 12.6 Å². The normalized spacial score (nSPS) is 19.8. The number of fused-ring (bicyclic) bond motifs is 1. The number of hydrogen-bond acceptors (Lipinski definition) is 2. The second-order valence-electron chi connectivity index (χ2n) is 6.72.